The first-order valence-corrected chi connectivity index (χ1v) is 27.7. The third kappa shape index (κ3) is 20.2. The summed E-state index contributed by atoms with van der Waals surface area (Å²) >= 11 is 0. The summed E-state index contributed by atoms with van der Waals surface area (Å²) in [6.07, 6.45) is 13.8. The SMILES string of the molecule is CC(C)CC(=O)N1CC[C@H]2CC[C@@H](C(=O)N[C@@H](c3ccccc3)c3cn(CCCCCCCCCCNC(=O)CCCCCNC(=O)OCc4ccccc4)nn3)N2C(=O)[C@@H](NC(=O)[C@H](C)N(C)C(=O)OC(C)(C)C)C1. The molecule has 418 valence electrons. The van der Waals surface area contributed by atoms with E-state index in [1.54, 1.807) is 37.5 Å². The molecule has 2 aliphatic rings. The molecule has 2 saturated heterocycles. The van der Waals surface area contributed by atoms with E-state index >= 15 is 0 Å². The molecule has 0 spiro atoms. The lowest BCUT2D eigenvalue weighted by atomic mass is 10.0. The van der Waals surface area contributed by atoms with Crippen molar-refractivity contribution in [3.63, 3.8) is 0 Å². The van der Waals surface area contributed by atoms with E-state index in [4.69, 9.17) is 9.47 Å². The van der Waals surface area contributed by atoms with Crippen LogP contribution in [0.3, 0.4) is 0 Å². The van der Waals surface area contributed by atoms with Crippen LogP contribution in [0.4, 0.5) is 9.59 Å². The van der Waals surface area contributed by atoms with Crippen molar-refractivity contribution < 1.29 is 43.0 Å². The van der Waals surface area contributed by atoms with Gasteiger partial charge in [0.25, 0.3) is 0 Å². The van der Waals surface area contributed by atoms with Gasteiger partial charge in [-0.05, 0) is 89.7 Å². The van der Waals surface area contributed by atoms with E-state index in [9.17, 15) is 33.6 Å². The first-order chi connectivity index (χ1) is 36.4. The summed E-state index contributed by atoms with van der Waals surface area (Å²) in [5.41, 5.74) is 1.53. The van der Waals surface area contributed by atoms with E-state index in [1.807, 2.05) is 85.4 Å². The highest BCUT2D eigenvalue weighted by Crippen LogP contribution is 2.31. The normalized spacial score (nSPS) is 17.4. The fourth-order valence-corrected chi connectivity index (χ4v) is 9.50. The van der Waals surface area contributed by atoms with E-state index in [-0.39, 0.29) is 49.3 Å². The number of fused-ring (bicyclic) bond motifs is 1. The molecule has 3 heterocycles. The van der Waals surface area contributed by atoms with Gasteiger partial charge in [0.2, 0.25) is 29.5 Å². The number of likely N-dealkylation sites (N-methyl/N-ethyl adjacent to an activating group) is 1. The van der Waals surface area contributed by atoms with E-state index in [0.29, 0.717) is 57.6 Å². The van der Waals surface area contributed by atoms with Crippen LogP contribution in [0, 0.1) is 5.92 Å². The number of nitrogens with one attached hydrogen (secondary N) is 4. The Kier molecular flexibility index (Phi) is 24.5. The molecule has 0 unspecified atom stereocenters. The van der Waals surface area contributed by atoms with Gasteiger partial charge in [-0.25, -0.2) is 9.59 Å². The van der Waals surface area contributed by atoms with Gasteiger partial charge in [-0.15, -0.1) is 5.10 Å². The third-order valence-electron chi connectivity index (χ3n) is 13.9. The molecule has 19 nitrogen and oxygen atoms in total. The number of ether oxygens (including phenoxy) is 2. The van der Waals surface area contributed by atoms with Gasteiger partial charge in [0.15, 0.2) is 0 Å². The van der Waals surface area contributed by atoms with Gasteiger partial charge in [0.1, 0.15) is 36.0 Å². The van der Waals surface area contributed by atoms with E-state index in [1.165, 1.54) is 11.9 Å². The predicted octanol–water partition coefficient (Wildman–Crippen LogP) is 7.59. The second-order valence-electron chi connectivity index (χ2n) is 21.8. The van der Waals surface area contributed by atoms with Crippen LogP contribution in [-0.2, 0) is 46.6 Å². The number of benzene rings is 2. The molecule has 0 aliphatic carbocycles. The molecule has 2 fully saturated rings. The Hall–Kier alpha value is -6.53. The quantitative estimate of drug-likeness (QED) is 0.0519. The van der Waals surface area contributed by atoms with Crippen LogP contribution in [0.5, 0.6) is 0 Å². The molecular formula is C57H86N10O9. The summed E-state index contributed by atoms with van der Waals surface area (Å²) in [6, 6.07) is 15.1. The molecule has 0 radical (unpaired) electrons. The van der Waals surface area contributed by atoms with Gasteiger partial charge in [0.05, 0.1) is 12.2 Å². The maximum absolute atomic E-state index is 14.8. The standard InChI is InChI=1S/C57H86N10O9/c1-41(2)37-50(69)65-36-32-45-30-31-48(67(45)54(72)47(38-65)60-52(70)42(3)64(7)56(74)76-57(4,5)6)53(71)61-51(44-27-19-15-20-28-44)46-39-66(63-62-46)35-24-13-11-9-8-10-12-22-33-58-49(68)29-21-16-23-34-59-55(73)75-40-43-25-17-14-18-26-43/h14-15,17-20,25-28,39,41-42,45,47-48,51H,8-13,16,21-24,29-38,40H2,1-7H3,(H,58,68)(H,59,73)(H,60,70)(H,61,71)/t42-,45+,47-,48-,51-/m0/s1. The first kappa shape index (κ1) is 60.3. The van der Waals surface area contributed by atoms with E-state index < -0.39 is 53.8 Å². The third-order valence-corrected chi connectivity index (χ3v) is 13.9. The van der Waals surface area contributed by atoms with Crippen LogP contribution in [-0.4, -0.2) is 134 Å². The number of amides is 7. The largest absolute Gasteiger partial charge is 0.445 e. The Balaban J connectivity index is 1.04. The maximum Gasteiger partial charge on any atom is 0.410 e. The molecular weight excluding hydrogens is 969 g/mol. The molecule has 76 heavy (non-hydrogen) atoms. The molecule has 7 amide bonds. The predicted molar refractivity (Wildman–Crippen MR) is 289 cm³/mol. The number of aromatic nitrogens is 3. The lowest BCUT2D eigenvalue weighted by Crippen LogP contribution is -2.62. The maximum atomic E-state index is 14.8. The molecule has 2 aromatic carbocycles. The van der Waals surface area contributed by atoms with Gasteiger partial charge in [-0.2, -0.15) is 0 Å². The Morgan fingerprint density at radius 3 is 2.09 bits per heavy atom. The highest BCUT2D eigenvalue weighted by Gasteiger charge is 2.46. The summed E-state index contributed by atoms with van der Waals surface area (Å²) in [5.74, 6) is -1.36. The van der Waals surface area contributed by atoms with Gasteiger partial charge in [-0.1, -0.05) is 125 Å². The molecule has 2 aliphatic heterocycles. The van der Waals surface area contributed by atoms with Gasteiger partial charge in [-0.3, -0.25) is 33.6 Å². The average Bonchev–Trinajstić information content (AvgIpc) is 4.05. The number of hydrogen-bond acceptors (Lipinski definition) is 11. The number of carbonyl (C=O) groups is 7. The smallest absolute Gasteiger partial charge is 0.410 e. The van der Waals surface area contributed by atoms with Gasteiger partial charge < -0.3 is 40.5 Å². The zero-order chi connectivity index (χ0) is 55.0. The lowest BCUT2D eigenvalue weighted by Gasteiger charge is -2.39. The molecule has 5 atom stereocenters. The Bertz CT molecular complexity index is 2310. The molecule has 3 aromatic rings. The molecule has 5 rings (SSSR count). The second kappa shape index (κ2) is 30.9. The Morgan fingerprint density at radius 1 is 0.789 bits per heavy atom. The zero-order valence-corrected chi connectivity index (χ0v) is 46.2. The fourth-order valence-electron chi connectivity index (χ4n) is 9.50. The number of carbonyl (C=O) groups excluding carboxylic acids is 7. The monoisotopic (exact) mass is 1050 g/mol. The molecule has 1 aromatic heterocycles. The molecule has 0 saturated carbocycles. The number of rotatable bonds is 28. The van der Waals surface area contributed by atoms with Crippen LogP contribution >= 0.6 is 0 Å². The minimum absolute atomic E-state index is 0.0707. The summed E-state index contributed by atoms with van der Waals surface area (Å²) in [5, 5.41) is 20.8. The Morgan fingerprint density at radius 2 is 1.42 bits per heavy atom. The van der Waals surface area contributed by atoms with Gasteiger partial charge >= 0.3 is 12.2 Å². The highest BCUT2D eigenvalue weighted by molar-refractivity contribution is 5.95. The highest BCUT2D eigenvalue weighted by atomic mass is 16.6. The first-order valence-electron chi connectivity index (χ1n) is 27.7. The van der Waals surface area contributed by atoms with Crippen molar-refractivity contribution in [3.05, 3.63) is 83.7 Å². The van der Waals surface area contributed by atoms with Crippen molar-refractivity contribution in [1.29, 1.82) is 0 Å². The van der Waals surface area contributed by atoms with Gasteiger partial charge in [0, 0.05) is 58.7 Å². The van der Waals surface area contributed by atoms with Crippen LogP contribution in [0.2, 0.25) is 0 Å². The summed E-state index contributed by atoms with van der Waals surface area (Å²) in [4.78, 5) is 98.0. The average molecular weight is 1060 g/mol. The Labute approximate surface area is 450 Å². The molecule has 19 heteroatoms. The van der Waals surface area contributed by atoms with Crippen molar-refractivity contribution in [2.75, 3.05) is 33.2 Å². The second-order valence-corrected chi connectivity index (χ2v) is 21.8. The van der Waals surface area contributed by atoms with Crippen molar-refractivity contribution in [2.24, 2.45) is 5.92 Å². The van der Waals surface area contributed by atoms with Crippen molar-refractivity contribution >= 4 is 41.7 Å². The van der Waals surface area contributed by atoms with Crippen molar-refractivity contribution in [3.8, 4) is 0 Å². The van der Waals surface area contributed by atoms with E-state index in [2.05, 4.69) is 31.6 Å². The number of alkyl carbamates (subject to hydrolysis) is 1. The zero-order valence-electron chi connectivity index (χ0n) is 46.2. The lowest BCUT2D eigenvalue weighted by molar-refractivity contribution is -0.147. The van der Waals surface area contributed by atoms with Crippen LogP contribution in [0.25, 0.3) is 0 Å². The fraction of sp³-hybridized carbons (Fsp3) is 0.632. The molecule has 4 N–H and O–H groups in total. The number of nitrogens with zero attached hydrogens (tertiary/aromatic N) is 6. The minimum atomic E-state index is -1.17. The number of unbranched alkanes of at least 4 members (excludes halogenated alkanes) is 9. The molecule has 0 bridgehead atoms. The van der Waals surface area contributed by atoms with Crippen molar-refractivity contribution in [2.45, 2.75) is 193 Å². The van der Waals surface area contributed by atoms with Crippen LogP contribution < -0.4 is 21.3 Å². The van der Waals surface area contributed by atoms with Crippen LogP contribution in [0.15, 0.2) is 66.9 Å². The van der Waals surface area contributed by atoms with E-state index in [0.717, 1.165) is 81.8 Å². The van der Waals surface area contributed by atoms with Crippen molar-refractivity contribution in [1.82, 2.24) is 51.0 Å². The summed E-state index contributed by atoms with van der Waals surface area (Å²) < 4.78 is 12.5. The minimum Gasteiger partial charge on any atom is -0.445 e. The number of hydrogen-bond donors (Lipinski definition) is 4. The summed E-state index contributed by atoms with van der Waals surface area (Å²) in [6.45, 7) is 13.0. The summed E-state index contributed by atoms with van der Waals surface area (Å²) in [7, 11) is 1.46. The topological polar surface area (TPSA) is 226 Å². The van der Waals surface area contributed by atoms with Crippen LogP contribution in [0.1, 0.15) is 167 Å². The number of aryl methyl sites for hydroxylation is 1.